The van der Waals surface area contributed by atoms with Gasteiger partial charge in [0.05, 0.1) is 0 Å². The minimum atomic E-state index is -0.198. The molecule has 4 nitrogen and oxygen atoms in total. The molecule has 2 amide bonds. The molecule has 2 N–H and O–H groups in total. The van der Waals surface area contributed by atoms with Gasteiger partial charge in [0.15, 0.2) is 0 Å². The first-order valence-corrected chi connectivity index (χ1v) is 6.76. The fourth-order valence-electron chi connectivity index (χ4n) is 2.07. The van der Waals surface area contributed by atoms with Crippen molar-refractivity contribution in [3.8, 4) is 0 Å². The molecule has 2 aromatic rings. The van der Waals surface area contributed by atoms with Gasteiger partial charge in [-0.25, -0.2) is 0 Å². The molecule has 0 fully saturated rings. The third-order valence-electron chi connectivity index (χ3n) is 3.12. The molecule has 0 saturated heterocycles. The molecule has 4 heteroatoms. The van der Waals surface area contributed by atoms with Gasteiger partial charge >= 0.3 is 0 Å². The summed E-state index contributed by atoms with van der Waals surface area (Å²) < 4.78 is 0. The number of carbonyl (C=O) groups is 2. The standard InChI is InChI=1S/C17H18N2O2/c1-12-8-14(16(20)18-2)10-15(9-12)17(21)19-11-13-6-4-3-5-7-13/h3-10H,11H2,1-2H3,(H,18,20)(H,19,21). The van der Waals surface area contributed by atoms with Crippen molar-refractivity contribution in [3.05, 3.63) is 70.8 Å². The van der Waals surface area contributed by atoms with Crippen LogP contribution in [0.4, 0.5) is 0 Å². The van der Waals surface area contributed by atoms with Crippen LogP contribution in [-0.2, 0) is 6.54 Å². The predicted octanol–water partition coefficient (Wildman–Crippen LogP) is 2.28. The molecule has 2 rings (SSSR count). The monoisotopic (exact) mass is 282 g/mol. The van der Waals surface area contributed by atoms with Crippen molar-refractivity contribution in [3.63, 3.8) is 0 Å². The zero-order valence-electron chi connectivity index (χ0n) is 12.1. The molecule has 0 spiro atoms. The summed E-state index contributed by atoms with van der Waals surface area (Å²) in [6.07, 6.45) is 0. The van der Waals surface area contributed by atoms with Gasteiger partial charge in [-0.2, -0.15) is 0 Å². The van der Waals surface area contributed by atoms with E-state index in [4.69, 9.17) is 0 Å². The molecule has 0 bridgehead atoms. The smallest absolute Gasteiger partial charge is 0.251 e. The lowest BCUT2D eigenvalue weighted by Crippen LogP contribution is -2.24. The molecule has 108 valence electrons. The molecule has 0 unspecified atom stereocenters. The summed E-state index contributed by atoms with van der Waals surface area (Å²) >= 11 is 0. The summed E-state index contributed by atoms with van der Waals surface area (Å²) in [7, 11) is 1.57. The van der Waals surface area contributed by atoms with Gasteiger partial charge in [0.1, 0.15) is 0 Å². The maximum atomic E-state index is 12.2. The molecular formula is C17H18N2O2. The van der Waals surface area contributed by atoms with Crippen molar-refractivity contribution < 1.29 is 9.59 Å². The molecule has 0 aliphatic heterocycles. The Hall–Kier alpha value is -2.62. The topological polar surface area (TPSA) is 58.2 Å². The van der Waals surface area contributed by atoms with Gasteiger partial charge in [-0.1, -0.05) is 30.3 Å². The Morgan fingerprint density at radius 1 is 0.952 bits per heavy atom. The molecule has 0 heterocycles. The maximum Gasteiger partial charge on any atom is 0.251 e. The predicted molar refractivity (Wildman–Crippen MR) is 82.2 cm³/mol. The minimum Gasteiger partial charge on any atom is -0.355 e. The Morgan fingerprint density at radius 3 is 2.19 bits per heavy atom. The molecular weight excluding hydrogens is 264 g/mol. The van der Waals surface area contributed by atoms with Crippen molar-refractivity contribution in [2.45, 2.75) is 13.5 Å². The lowest BCUT2D eigenvalue weighted by Gasteiger charge is -2.08. The second-order valence-corrected chi connectivity index (χ2v) is 4.84. The third-order valence-corrected chi connectivity index (χ3v) is 3.12. The fourth-order valence-corrected chi connectivity index (χ4v) is 2.07. The molecule has 0 aliphatic rings. The average Bonchev–Trinajstić information content (AvgIpc) is 2.52. The van der Waals surface area contributed by atoms with Gasteiger partial charge in [-0.05, 0) is 36.2 Å². The van der Waals surface area contributed by atoms with Crippen LogP contribution in [0.15, 0.2) is 48.5 Å². The molecule has 0 atom stereocenters. The first kappa shape index (κ1) is 14.8. The van der Waals surface area contributed by atoms with E-state index in [0.717, 1.165) is 11.1 Å². The Labute approximate surface area is 124 Å². The van der Waals surface area contributed by atoms with Crippen LogP contribution in [0.25, 0.3) is 0 Å². The number of rotatable bonds is 4. The summed E-state index contributed by atoms with van der Waals surface area (Å²) in [5.41, 5.74) is 2.89. The number of amides is 2. The molecule has 21 heavy (non-hydrogen) atoms. The van der Waals surface area contributed by atoms with Gasteiger partial charge in [-0.15, -0.1) is 0 Å². The first-order chi connectivity index (χ1) is 10.1. The highest BCUT2D eigenvalue weighted by atomic mass is 16.2. The quantitative estimate of drug-likeness (QED) is 0.904. The van der Waals surface area contributed by atoms with Crippen LogP contribution in [-0.4, -0.2) is 18.9 Å². The number of hydrogen-bond donors (Lipinski definition) is 2. The Morgan fingerprint density at radius 2 is 1.57 bits per heavy atom. The molecule has 0 saturated carbocycles. The van der Waals surface area contributed by atoms with E-state index in [2.05, 4.69) is 10.6 Å². The van der Waals surface area contributed by atoms with E-state index >= 15 is 0 Å². The van der Waals surface area contributed by atoms with Gasteiger partial charge in [0.25, 0.3) is 11.8 Å². The second kappa shape index (κ2) is 6.70. The molecule has 0 aliphatic carbocycles. The van der Waals surface area contributed by atoms with Crippen LogP contribution >= 0.6 is 0 Å². The largest absolute Gasteiger partial charge is 0.355 e. The molecule has 0 radical (unpaired) electrons. The number of nitrogens with one attached hydrogen (secondary N) is 2. The van der Waals surface area contributed by atoms with Gasteiger partial charge < -0.3 is 10.6 Å². The normalized spacial score (nSPS) is 10.0. The van der Waals surface area contributed by atoms with Crippen molar-refractivity contribution in [1.29, 1.82) is 0 Å². The maximum absolute atomic E-state index is 12.2. The second-order valence-electron chi connectivity index (χ2n) is 4.84. The van der Waals surface area contributed by atoms with Crippen molar-refractivity contribution >= 4 is 11.8 Å². The Bertz CT molecular complexity index is 651. The van der Waals surface area contributed by atoms with E-state index in [0.29, 0.717) is 17.7 Å². The van der Waals surface area contributed by atoms with Crippen molar-refractivity contribution in [2.24, 2.45) is 0 Å². The Balaban J connectivity index is 2.12. The first-order valence-electron chi connectivity index (χ1n) is 6.76. The number of aryl methyl sites for hydroxylation is 1. The average molecular weight is 282 g/mol. The number of hydrogen-bond acceptors (Lipinski definition) is 2. The van der Waals surface area contributed by atoms with E-state index in [9.17, 15) is 9.59 Å². The van der Waals surface area contributed by atoms with Gasteiger partial charge in [0, 0.05) is 24.7 Å². The van der Waals surface area contributed by atoms with E-state index in [-0.39, 0.29) is 11.8 Å². The fraction of sp³-hybridized carbons (Fsp3) is 0.176. The van der Waals surface area contributed by atoms with Crippen LogP contribution in [0.2, 0.25) is 0 Å². The van der Waals surface area contributed by atoms with Crippen LogP contribution in [0.5, 0.6) is 0 Å². The summed E-state index contributed by atoms with van der Waals surface area (Å²) in [6.45, 7) is 2.32. The van der Waals surface area contributed by atoms with Crippen LogP contribution in [0.1, 0.15) is 31.8 Å². The lowest BCUT2D eigenvalue weighted by molar-refractivity contribution is 0.0951. The zero-order valence-corrected chi connectivity index (χ0v) is 12.1. The summed E-state index contributed by atoms with van der Waals surface area (Å²) in [5.74, 6) is -0.386. The zero-order chi connectivity index (χ0) is 15.2. The minimum absolute atomic E-state index is 0.187. The number of benzene rings is 2. The number of carbonyl (C=O) groups excluding carboxylic acids is 2. The van der Waals surface area contributed by atoms with E-state index in [1.54, 1.807) is 25.2 Å². The van der Waals surface area contributed by atoms with E-state index in [1.165, 1.54) is 0 Å². The van der Waals surface area contributed by atoms with E-state index < -0.39 is 0 Å². The van der Waals surface area contributed by atoms with Crippen molar-refractivity contribution in [1.82, 2.24) is 10.6 Å². The SMILES string of the molecule is CNC(=O)c1cc(C)cc(C(=O)NCc2ccccc2)c1. The molecule has 0 aromatic heterocycles. The van der Waals surface area contributed by atoms with Crippen molar-refractivity contribution in [2.75, 3.05) is 7.05 Å². The summed E-state index contributed by atoms with van der Waals surface area (Å²) in [4.78, 5) is 23.9. The van der Waals surface area contributed by atoms with Gasteiger partial charge in [0.2, 0.25) is 0 Å². The van der Waals surface area contributed by atoms with E-state index in [1.807, 2.05) is 37.3 Å². The highest BCUT2D eigenvalue weighted by Crippen LogP contribution is 2.10. The summed E-state index contributed by atoms with van der Waals surface area (Å²) in [6, 6.07) is 14.8. The Kier molecular flexibility index (Phi) is 4.72. The third kappa shape index (κ3) is 3.92. The molecule has 2 aromatic carbocycles. The highest BCUT2D eigenvalue weighted by molar-refractivity contribution is 5.99. The van der Waals surface area contributed by atoms with Crippen LogP contribution in [0, 0.1) is 6.92 Å². The van der Waals surface area contributed by atoms with Gasteiger partial charge in [-0.3, -0.25) is 9.59 Å². The van der Waals surface area contributed by atoms with Crippen LogP contribution < -0.4 is 10.6 Å². The summed E-state index contributed by atoms with van der Waals surface area (Å²) in [5, 5.41) is 5.42. The highest BCUT2D eigenvalue weighted by Gasteiger charge is 2.10. The van der Waals surface area contributed by atoms with Crippen LogP contribution in [0.3, 0.4) is 0 Å². The lowest BCUT2D eigenvalue weighted by atomic mass is 10.1.